The first kappa shape index (κ1) is 19.9. The fraction of sp³-hybridized carbons (Fsp3) is 0.762. The molecule has 6 heteroatoms. The van der Waals surface area contributed by atoms with Gasteiger partial charge in [0, 0.05) is 31.7 Å². The number of aromatic nitrogens is 2. The van der Waals surface area contributed by atoms with Crippen LogP contribution in [0.15, 0.2) is 6.07 Å². The number of nitrogens with zero attached hydrogens (tertiary/aromatic N) is 3. The minimum atomic E-state index is 0.0404. The van der Waals surface area contributed by atoms with Gasteiger partial charge in [0.1, 0.15) is 5.82 Å². The van der Waals surface area contributed by atoms with Gasteiger partial charge >= 0.3 is 0 Å². The average Bonchev–Trinajstić information content (AvgIpc) is 2.68. The predicted octanol–water partition coefficient (Wildman–Crippen LogP) is 3.70. The summed E-state index contributed by atoms with van der Waals surface area (Å²) in [7, 11) is 1.85. The third-order valence-corrected chi connectivity index (χ3v) is 6.05. The maximum absolute atomic E-state index is 12.9. The number of carbonyl (C=O) groups is 1. The molecule has 2 aliphatic rings. The van der Waals surface area contributed by atoms with E-state index >= 15 is 0 Å². The summed E-state index contributed by atoms with van der Waals surface area (Å²) in [5, 5.41) is 6.39. The largest absolute Gasteiger partial charge is 0.357 e. The number of carbonyl (C=O) groups excluding carboxylic acids is 1. The minimum absolute atomic E-state index is 0.0404. The lowest BCUT2D eigenvalue weighted by Crippen LogP contribution is -2.49. The van der Waals surface area contributed by atoms with E-state index in [0.717, 1.165) is 43.7 Å². The smallest absolute Gasteiger partial charge is 0.225 e. The molecule has 6 nitrogen and oxygen atoms in total. The summed E-state index contributed by atoms with van der Waals surface area (Å²) >= 11 is 0. The monoisotopic (exact) mass is 373 g/mol. The van der Waals surface area contributed by atoms with Crippen LogP contribution >= 0.6 is 0 Å². The summed E-state index contributed by atoms with van der Waals surface area (Å²) in [6.07, 6.45) is 8.02. The third-order valence-electron chi connectivity index (χ3n) is 6.05. The van der Waals surface area contributed by atoms with Crippen LogP contribution in [0.1, 0.15) is 77.3 Å². The Balaban J connectivity index is 1.73. The van der Waals surface area contributed by atoms with Crippen molar-refractivity contribution in [3.8, 4) is 0 Å². The van der Waals surface area contributed by atoms with Crippen LogP contribution in [-0.4, -0.2) is 41.6 Å². The van der Waals surface area contributed by atoms with Crippen LogP contribution in [0.5, 0.6) is 0 Å². The molecule has 2 fully saturated rings. The number of anilines is 2. The number of hydrogen-bond acceptors (Lipinski definition) is 5. The first-order valence-corrected chi connectivity index (χ1v) is 10.6. The molecular formula is C21H35N5O. The molecule has 2 atom stereocenters. The second kappa shape index (κ2) is 8.89. The van der Waals surface area contributed by atoms with Gasteiger partial charge in [-0.3, -0.25) is 4.79 Å². The van der Waals surface area contributed by atoms with Crippen molar-refractivity contribution >= 4 is 17.7 Å². The van der Waals surface area contributed by atoms with Crippen molar-refractivity contribution in [3.05, 3.63) is 11.8 Å². The van der Waals surface area contributed by atoms with Gasteiger partial charge in [-0.05, 0) is 38.5 Å². The first-order valence-electron chi connectivity index (χ1n) is 10.6. The molecule has 0 bridgehead atoms. The highest BCUT2D eigenvalue weighted by Gasteiger charge is 2.32. The van der Waals surface area contributed by atoms with Crippen LogP contribution in [0.3, 0.4) is 0 Å². The van der Waals surface area contributed by atoms with E-state index in [4.69, 9.17) is 0 Å². The van der Waals surface area contributed by atoms with Gasteiger partial charge in [0.2, 0.25) is 11.9 Å². The van der Waals surface area contributed by atoms with Crippen LogP contribution < -0.4 is 15.5 Å². The highest BCUT2D eigenvalue weighted by atomic mass is 16.2. The Kier molecular flexibility index (Phi) is 6.55. The first-order chi connectivity index (χ1) is 13.0. The zero-order valence-corrected chi connectivity index (χ0v) is 17.3. The third kappa shape index (κ3) is 4.90. The zero-order chi connectivity index (χ0) is 19.4. The molecule has 2 N–H and O–H groups in total. The molecule has 1 saturated carbocycles. The summed E-state index contributed by atoms with van der Waals surface area (Å²) < 4.78 is 0. The number of amides is 1. The van der Waals surface area contributed by atoms with Crippen molar-refractivity contribution in [1.29, 1.82) is 0 Å². The molecule has 0 radical (unpaired) electrons. The van der Waals surface area contributed by atoms with Crippen molar-refractivity contribution in [3.63, 3.8) is 0 Å². The van der Waals surface area contributed by atoms with Gasteiger partial charge in [0.05, 0.1) is 11.6 Å². The Morgan fingerprint density at radius 3 is 2.56 bits per heavy atom. The van der Waals surface area contributed by atoms with Crippen LogP contribution in [0.2, 0.25) is 0 Å². The Bertz CT molecular complexity index is 641. The number of piperidine rings is 1. The highest BCUT2D eigenvalue weighted by molar-refractivity contribution is 5.80. The lowest BCUT2D eigenvalue weighted by Gasteiger charge is -2.39. The fourth-order valence-corrected chi connectivity index (χ4v) is 4.21. The lowest BCUT2D eigenvalue weighted by atomic mass is 9.90. The summed E-state index contributed by atoms with van der Waals surface area (Å²) in [4.78, 5) is 24.4. The van der Waals surface area contributed by atoms with Gasteiger partial charge in [-0.25, -0.2) is 4.98 Å². The second-order valence-corrected chi connectivity index (χ2v) is 8.50. The van der Waals surface area contributed by atoms with Gasteiger partial charge in [-0.15, -0.1) is 0 Å². The topological polar surface area (TPSA) is 70.2 Å². The van der Waals surface area contributed by atoms with Gasteiger partial charge in [0.25, 0.3) is 0 Å². The molecule has 1 amide bonds. The summed E-state index contributed by atoms with van der Waals surface area (Å²) in [6.45, 7) is 7.25. The Morgan fingerprint density at radius 2 is 1.89 bits per heavy atom. The molecule has 150 valence electrons. The van der Waals surface area contributed by atoms with Gasteiger partial charge in [0.15, 0.2) is 0 Å². The summed E-state index contributed by atoms with van der Waals surface area (Å²) in [5.74, 6) is 2.19. The van der Waals surface area contributed by atoms with Crippen molar-refractivity contribution in [1.82, 2.24) is 15.3 Å². The summed E-state index contributed by atoms with van der Waals surface area (Å²) in [6, 6.07) is 2.84. The molecule has 0 aromatic carbocycles. The van der Waals surface area contributed by atoms with E-state index < -0.39 is 0 Å². The second-order valence-electron chi connectivity index (χ2n) is 8.50. The van der Waals surface area contributed by atoms with Gasteiger partial charge < -0.3 is 15.5 Å². The van der Waals surface area contributed by atoms with E-state index in [1.807, 2.05) is 7.05 Å². The summed E-state index contributed by atoms with van der Waals surface area (Å²) in [5.41, 5.74) is 1.03. The zero-order valence-electron chi connectivity index (χ0n) is 17.3. The number of hydrogen-bond donors (Lipinski definition) is 2. The molecule has 1 aromatic rings. The van der Waals surface area contributed by atoms with E-state index in [2.05, 4.69) is 52.3 Å². The Hall–Kier alpha value is -1.85. The van der Waals surface area contributed by atoms with Crippen LogP contribution in [-0.2, 0) is 4.79 Å². The standard InChI is InChI=1S/C21H35N5O/c1-14(2)18-12-19(25-21(22-4)24-18)26-13-16(11-10-15(26)3)20(27)23-17-8-6-5-7-9-17/h12,14-17H,5-11,13H2,1-4H3,(H,23,27)(H,22,24,25)/t15-,16-/m0/s1. The predicted molar refractivity (Wildman–Crippen MR) is 110 cm³/mol. The molecular weight excluding hydrogens is 338 g/mol. The van der Waals surface area contributed by atoms with E-state index in [1.165, 1.54) is 19.3 Å². The van der Waals surface area contributed by atoms with Crippen molar-refractivity contribution in [2.24, 2.45) is 5.92 Å². The molecule has 1 aliphatic heterocycles. The number of rotatable bonds is 5. The van der Waals surface area contributed by atoms with Gasteiger partial charge in [-0.1, -0.05) is 33.1 Å². The molecule has 27 heavy (non-hydrogen) atoms. The quantitative estimate of drug-likeness (QED) is 0.824. The van der Waals surface area contributed by atoms with E-state index in [9.17, 15) is 4.79 Å². The van der Waals surface area contributed by atoms with Crippen LogP contribution in [0.4, 0.5) is 11.8 Å². The molecule has 3 rings (SSSR count). The normalized spacial score (nSPS) is 24.1. The lowest BCUT2D eigenvalue weighted by molar-refractivity contribution is -0.126. The fourth-order valence-electron chi connectivity index (χ4n) is 4.21. The maximum Gasteiger partial charge on any atom is 0.225 e. The van der Waals surface area contributed by atoms with E-state index in [1.54, 1.807) is 0 Å². The average molecular weight is 374 g/mol. The maximum atomic E-state index is 12.9. The molecule has 0 spiro atoms. The van der Waals surface area contributed by atoms with E-state index in [-0.39, 0.29) is 11.8 Å². The van der Waals surface area contributed by atoms with E-state index in [0.29, 0.717) is 23.9 Å². The molecule has 1 aromatic heterocycles. The molecule has 0 unspecified atom stereocenters. The molecule has 1 aliphatic carbocycles. The highest BCUT2D eigenvalue weighted by Crippen LogP contribution is 2.29. The van der Waals surface area contributed by atoms with Gasteiger partial charge in [-0.2, -0.15) is 4.98 Å². The minimum Gasteiger partial charge on any atom is -0.357 e. The van der Waals surface area contributed by atoms with Crippen LogP contribution in [0, 0.1) is 5.92 Å². The molecule has 1 saturated heterocycles. The van der Waals surface area contributed by atoms with Crippen molar-refractivity contribution in [2.75, 3.05) is 23.8 Å². The Morgan fingerprint density at radius 1 is 1.15 bits per heavy atom. The Labute approximate surface area is 163 Å². The molecule has 2 heterocycles. The van der Waals surface area contributed by atoms with Crippen molar-refractivity contribution in [2.45, 2.75) is 83.7 Å². The van der Waals surface area contributed by atoms with Crippen molar-refractivity contribution < 1.29 is 4.79 Å². The van der Waals surface area contributed by atoms with Crippen LogP contribution in [0.25, 0.3) is 0 Å². The number of nitrogens with one attached hydrogen (secondary N) is 2. The SMILES string of the molecule is CNc1nc(C(C)C)cc(N2C[C@@H](C(=O)NC3CCCCC3)CC[C@@H]2C)n1.